The van der Waals surface area contributed by atoms with Gasteiger partial charge in [-0.25, -0.2) is 0 Å². The van der Waals surface area contributed by atoms with Gasteiger partial charge in [0.1, 0.15) is 11.2 Å². The molecule has 0 aliphatic heterocycles. The Labute approximate surface area is 324 Å². The molecule has 10 aromatic carbocycles. The zero-order chi connectivity index (χ0) is 36.8. The van der Waals surface area contributed by atoms with E-state index in [0.717, 1.165) is 27.5 Å². The Morgan fingerprint density at radius 2 is 0.839 bits per heavy atom. The van der Waals surface area contributed by atoms with Gasteiger partial charge in [-0.3, -0.25) is 0 Å². The summed E-state index contributed by atoms with van der Waals surface area (Å²) in [5, 5.41) is 9.53. The van der Waals surface area contributed by atoms with Gasteiger partial charge in [-0.2, -0.15) is 0 Å². The molecule has 12 rings (SSSR count). The van der Waals surface area contributed by atoms with E-state index in [1.54, 1.807) is 0 Å². The second kappa shape index (κ2) is 11.9. The zero-order valence-electron chi connectivity index (χ0n) is 30.5. The molecule has 56 heavy (non-hydrogen) atoms. The molecule has 1 aliphatic carbocycles. The Morgan fingerprint density at radius 1 is 0.321 bits per heavy atom. The number of hydrogen-bond donors (Lipinski definition) is 0. The van der Waals surface area contributed by atoms with Crippen molar-refractivity contribution in [2.45, 2.75) is 5.41 Å². The topological polar surface area (TPSA) is 13.1 Å². The van der Waals surface area contributed by atoms with E-state index in [0.29, 0.717) is 0 Å². The third kappa shape index (κ3) is 4.20. The van der Waals surface area contributed by atoms with E-state index in [1.807, 2.05) is 0 Å². The molecule has 11 aromatic rings. The first-order valence-electron chi connectivity index (χ1n) is 19.4. The average molecular weight is 711 g/mol. The maximum atomic E-state index is 6.85. The first-order chi connectivity index (χ1) is 27.8. The molecule has 0 saturated heterocycles. The van der Waals surface area contributed by atoms with E-state index in [9.17, 15) is 0 Å². The molecule has 0 radical (unpaired) electrons. The fourth-order valence-electron chi connectivity index (χ4n) is 10.1. The summed E-state index contributed by atoms with van der Waals surface area (Å²) in [5.41, 5.74) is 13.9. The summed E-state index contributed by atoms with van der Waals surface area (Å²) in [6.07, 6.45) is 0. The van der Waals surface area contributed by atoms with Crippen molar-refractivity contribution in [1.82, 2.24) is 0 Å². The van der Waals surface area contributed by atoms with Crippen molar-refractivity contribution in [1.29, 1.82) is 0 Å². The summed E-state index contributed by atoms with van der Waals surface area (Å²) < 4.78 is 6.85. The number of furan rings is 1. The van der Waals surface area contributed by atoms with Crippen LogP contribution in [0.1, 0.15) is 22.3 Å². The lowest BCUT2D eigenvalue weighted by Gasteiger charge is -2.34. The van der Waals surface area contributed by atoms with Crippen molar-refractivity contribution >= 4 is 54.3 Å². The van der Waals surface area contributed by atoms with E-state index >= 15 is 0 Å². The second-order valence-electron chi connectivity index (χ2n) is 15.1. The Hall–Kier alpha value is -7.22. The minimum atomic E-state index is -0.480. The minimum Gasteiger partial charge on any atom is -0.455 e. The van der Waals surface area contributed by atoms with E-state index in [4.69, 9.17) is 4.42 Å². The van der Waals surface area contributed by atoms with Crippen LogP contribution in [0.4, 0.5) is 0 Å². The fourth-order valence-corrected chi connectivity index (χ4v) is 10.1. The number of rotatable bonds is 4. The summed E-state index contributed by atoms with van der Waals surface area (Å²) in [4.78, 5) is 0. The molecule has 260 valence electrons. The molecule has 0 amide bonds. The first kappa shape index (κ1) is 31.2. The van der Waals surface area contributed by atoms with Crippen molar-refractivity contribution in [2.75, 3.05) is 0 Å². The summed E-state index contributed by atoms with van der Waals surface area (Å²) in [7, 11) is 0. The monoisotopic (exact) mass is 710 g/mol. The van der Waals surface area contributed by atoms with Crippen LogP contribution in [0.3, 0.4) is 0 Å². The molecule has 0 unspecified atom stereocenters. The summed E-state index contributed by atoms with van der Waals surface area (Å²) in [5.74, 6) is 0. The van der Waals surface area contributed by atoms with Gasteiger partial charge < -0.3 is 4.42 Å². The van der Waals surface area contributed by atoms with Gasteiger partial charge in [-0.1, -0.05) is 188 Å². The van der Waals surface area contributed by atoms with Crippen LogP contribution in [0.5, 0.6) is 0 Å². The summed E-state index contributed by atoms with van der Waals surface area (Å²) in [6.45, 7) is 0. The smallest absolute Gasteiger partial charge is 0.143 e. The van der Waals surface area contributed by atoms with Gasteiger partial charge in [0.2, 0.25) is 0 Å². The normalized spacial score (nSPS) is 13.1. The van der Waals surface area contributed by atoms with E-state index in [2.05, 4.69) is 206 Å². The van der Waals surface area contributed by atoms with Gasteiger partial charge in [-0.15, -0.1) is 0 Å². The quantitative estimate of drug-likeness (QED) is 0.166. The highest BCUT2D eigenvalue weighted by Gasteiger charge is 2.46. The van der Waals surface area contributed by atoms with Crippen LogP contribution in [0, 0.1) is 0 Å². The molecule has 0 bridgehead atoms. The third-order valence-electron chi connectivity index (χ3n) is 12.3. The zero-order valence-corrected chi connectivity index (χ0v) is 30.5. The molecule has 1 aliphatic rings. The molecule has 0 saturated carbocycles. The van der Waals surface area contributed by atoms with Crippen LogP contribution in [0.15, 0.2) is 211 Å². The fraction of sp³-hybridized carbons (Fsp3) is 0.0182. The Kier molecular flexibility index (Phi) is 6.62. The lowest BCUT2D eigenvalue weighted by Crippen LogP contribution is -2.28. The van der Waals surface area contributed by atoms with Crippen LogP contribution in [0.2, 0.25) is 0 Å². The Balaban J connectivity index is 1.21. The summed E-state index contributed by atoms with van der Waals surface area (Å²) in [6, 6.07) is 75.8. The highest BCUT2D eigenvalue weighted by Crippen LogP contribution is 2.57. The van der Waals surface area contributed by atoms with Gasteiger partial charge in [0.05, 0.1) is 5.41 Å². The molecular formula is C55H34O. The van der Waals surface area contributed by atoms with Crippen molar-refractivity contribution < 1.29 is 4.42 Å². The van der Waals surface area contributed by atoms with Crippen LogP contribution < -0.4 is 0 Å². The molecular weight excluding hydrogens is 677 g/mol. The van der Waals surface area contributed by atoms with Gasteiger partial charge in [0.15, 0.2) is 0 Å². The van der Waals surface area contributed by atoms with Crippen LogP contribution >= 0.6 is 0 Å². The number of para-hydroxylation sites is 1. The molecule has 0 N–H and O–H groups in total. The highest BCUT2D eigenvalue weighted by atomic mass is 16.3. The molecule has 1 heteroatoms. The van der Waals surface area contributed by atoms with Crippen LogP contribution in [-0.4, -0.2) is 0 Å². The predicted molar refractivity (Wildman–Crippen MR) is 234 cm³/mol. The SMILES string of the molecule is c1ccc(C2(c3ccccc3)c3ccccc3-c3ccc(-c4c5ccccc5c(-c5c6ccccc6cc6c5oc5ccccc56)c5ccccc45)cc32)cc1. The summed E-state index contributed by atoms with van der Waals surface area (Å²) >= 11 is 0. The second-order valence-corrected chi connectivity index (χ2v) is 15.1. The standard InChI is InChI=1S/C55H34O/c1-3-18-37(19-4-1)55(38-20-5-2-6-21-38)48-29-15-13-23-40(48)41-32-31-36(34-49(41)55)51-43-25-9-11-27-45(43)52(46-28-12-10-26-44(46)51)53-39-22-8-7-17-35(39)33-47-42-24-14-16-30-50(42)56-54(47)53/h1-34H. The van der Waals surface area contributed by atoms with Crippen molar-refractivity contribution in [3.63, 3.8) is 0 Å². The van der Waals surface area contributed by atoms with Crippen molar-refractivity contribution in [3.05, 3.63) is 229 Å². The van der Waals surface area contributed by atoms with Gasteiger partial charge in [0.25, 0.3) is 0 Å². The highest BCUT2D eigenvalue weighted by molar-refractivity contribution is 6.28. The molecule has 1 aromatic heterocycles. The van der Waals surface area contributed by atoms with Gasteiger partial charge in [0, 0.05) is 21.9 Å². The maximum Gasteiger partial charge on any atom is 0.143 e. The van der Waals surface area contributed by atoms with E-state index < -0.39 is 5.41 Å². The minimum absolute atomic E-state index is 0.480. The number of benzene rings is 10. The predicted octanol–water partition coefficient (Wildman–Crippen LogP) is 14.7. The average Bonchev–Trinajstić information content (AvgIpc) is 3.79. The molecule has 1 nitrogen and oxygen atoms in total. The van der Waals surface area contributed by atoms with Gasteiger partial charge >= 0.3 is 0 Å². The Morgan fingerprint density at radius 3 is 1.52 bits per heavy atom. The largest absolute Gasteiger partial charge is 0.455 e. The number of fused-ring (bicyclic) bond motifs is 9. The van der Waals surface area contributed by atoms with Crippen LogP contribution in [-0.2, 0) is 5.41 Å². The molecule has 0 fully saturated rings. The molecule has 0 atom stereocenters. The maximum absolute atomic E-state index is 6.85. The van der Waals surface area contributed by atoms with Crippen molar-refractivity contribution in [2.24, 2.45) is 0 Å². The Bertz CT molecular complexity index is 3250. The van der Waals surface area contributed by atoms with Crippen molar-refractivity contribution in [3.8, 4) is 33.4 Å². The van der Waals surface area contributed by atoms with Crippen LogP contribution in [0.25, 0.3) is 87.6 Å². The van der Waals surface area contributed by atoms with E-state index in [1.165, 1.54) is 82.4 Å². The molecule has 0 spiro atoms. The molecule has 1 heterocycles. The number of hydrogen-bond acceptors (Lipinski definition) is 1. The lowest BCUT2D eigenvalue weighted by molar-refractivity contribution is 0.670. The van der Waals surface area contributed by atoms with Gasteiger partial charge in [-0.05, 0) is 95.0 Å². The third-order valence-corrected chi connectivity index (χ3v) is 12.3. The first-order valence-corrected chi connectivity index (χ1v) is 19.4. The lowest BCUT2D eigenvalue weighted by atomic mass is 9.67. The van der Waals surface area contributed by atoms with E-state index in [-0.39, 0.29) is 0 Å².